The summed E-state index contributed by atoms with van der Waals surface area (Å²) in [5, 5.41) is 0. The molecular formula is C16H26. The third-order valence-corrected chi connectivity index (χ3v) is 1.77. The van der Waals surface area contributed by atoms with Crippen LogP contribution in [0.2, 0.25) is 0 Å². The van der Waals surface area contributed by atoms with Crippen molar-refractivity contribution < 1.29 is 0 Å². The lowest BCUT2D eigenvalue weighted by Gasteiger charge is -2.03. The molecular weight excluding hydrogens is 192 g/mol. The van der Waals surface area contributed by atoms with Gasteiger partial charge in [0.25, 0.3) is 0 Å². The summed E-state index contributed by atoms with van der Waals surface area (Å²) in [4.78, 5) is 0. The van der Waals surface area contributed by atoms with Gasteiger partial charge >= 0.3 is 0 Å². The predicted molar refractivity (Wildman–Crippen MR) is 78.6 cm³/mol. The largest absolute Gasteiger partial charge is 0.0955 e. The number of hydrogen-bond donors (Lipinski definition) is 0. The van der Waals surface area contributed by atoms with Crippen LogP contribution >= 0.6 is 0 Å². The first-order chi connectivity index (χ1) is 7.75. The van der Waals surface area contributed by atoms with Crippen molar-refractivity contribution >= 4 is 11.6 Å². The Hall–Kier alpha value is -1.30. The van der Waals surface area contributed by atoms with Crippen molar-refractivity contribution in [1.29, 1.82) is 0 Å². The van der Waals surface area contributed by atoms with Crippen LogP contribution in [0.4, 0.5) is 0 Å². The Morgan fingerprint density at radius 1 is 1.06 bits per heavy atom. The molecule has 0 bridgehead atoms. The van der Waals surface area contributed by atoms with Crippen LogP contribution in [-0.2, 0) is 0 Å². The van der Waals surface area contributed by atoms with Gasteiger partial charge in [-0.2, -0.15) is 0 Å². The molecule has 0 fully saturated rings. The molecule has 0 aromatic heterocycles. The molecule has 0 nitrogen and oxygen atoms in total. The number of rotatable bonds is 2. The lowest BCUT2D eigenvalue weighted by molar-refractivity contribution is 1.50. The Labute approximate surface area is 102 Å². The van der Waals surface area contributed by atoms with Gasteiger partial charge in [0.05, 0.1) is 0 Å². The number of allylic oxidation sites excluding steroid dienone is 2. The van der Waals surface area contributed by atoms with Crippen LogP contribution in [0.5, 0.6) is 0 Å². The van der Waals surface area contributed by atoms with Gasteiger partial charge in [-0.3, -0.25) is 0 Å². The van der Waals surface area contributed by atoms with Crippen molar-refractivity contribution in [3.63, 3.8) is 0 Å². The second-order valence-electron chi connectivity index (χ2n) is 2.87. The van der Waals surface area contributed by atoms with Crippen molar-refractivity contribution in [2.75, 3.05) is 0 Å². The topological polar surface area (TPSA) is 0 Å². The zero-order chi connectivity index (χ0) is 13.0. The van der Waals surface area contributed by atoms with Crippen LogP contribution in [0, 0.1) is 0 Å². The fraction of sp³-hybridized carbons (Fsp3) is 0.375. The molecule has 0 radical (unpaired) electrons. The van der Waals surface area contributed by atoms with Gasteiger partial charge in [0.2, 0.25) is 0 Å². The maximum atomic E-state index is 3.93. The Bertz CT molecular complexity index is 306. The molecule has 0 atom stereocenters. The summed E-state index contributed by atoms with van der Waals surface area (Å²) in [5.74, 6) is 0. The summed E-state index contributed by atoms with van der Waals surface area (Å²) in [6, 6.07) is 8.28. The average molecular weight is 218 g/mol. The van der Waals surface area contributed by atoms with Crippen LogP contribution in [0.15, 0.2) is 36.9 Å². The Balaban J connectivity index is 0. The van der Waals surface area contributed by atoms with E-state index in [1.807, 2.05) is 59.8 Å². The van der Waals surface area contributed by atoms with Gasteiger partial charge < -0.3 is 0 Å². The smallest absolute Gasteiger partial charge is 0.0161 e. The maximum absolute atomic E-state index is 3.93. The summed E-state index contributed by atoms with van der Waals surface area (Å²) in [5.41, 5.74) is 3.59. The molecule has 0 aliphatic rings. The first-order valence-corrected chi connectivity index (χ1v) is 6.13. The molecule has 1 aromatic rings. The van der Waals surface area contributed by atoms with Gasteiger partial charge in [0.1, 0.15) is 0 Å². The predicted octanol–water partition coefficient (Wildman–Crippen LogP) is 5.81. The van der Waals surface area contributed by atoms with Gasteiger partial charge in [0, 0.05) is 0 Å². The second kappa shape index (κ2) is 11.8. The van der Waals surface area contributed by atoms with E-state index in [0.717, 1.165) is 5.57 Å². The summed E-state index contributed by atoms with van der Waals surface area (Å²) >= 11 is 0. The fourth-order valence-corrected chi connectivity index (χ4v) is 1.21. The molecule has 0 aliphatic carbocycles. The van der Waals surface area contributed by atoms with E-state index in [1.165, 1.54) is 11.1 Å². The summed E-state index contributed by atoms with van der Waals surface area (Å²) < 4.78 is 0. The highest BCUT2D eigenvalue weighted by Gasteiger charge is 1.96. The zero-order valence-electron chi connectivity index (χ0n) is 11.7. The van der Waals surface area contributed by atoms with E-state index in [4.69, 9.17) is 0 Å². The van der Waals surface area contributed by atoms with Gasteiger partial charge in [-0.15, -0.1) is 0 Å². The highest BCUT2D eigenvalue weighted by molar-refractivity contribution is 5.71. The monoisotopic (exact) mass is 218 g/mol. The third kappa shape index (κ3) is 6.23. The minimum Gasteiger partial charge on any atom is -0.0955 e. The van der Waals surface area contributed by atoms with Crippen molar-refractivity contribution in [2.24, 2.45) is 0 Å². The van der Waals surface area contributed by atoms with E-state index >= 15 is 0 Å². The lowest BCUT2D eigenvalue weighted by atomic mass is 10.0. The molecule has 1 rings (SSSR count). The van der Waals surface area contributed by atoms with E-state index in [2.05, 4.69) is 24.8 Å². The van der Waals surface area contributed by atoms with Crippen molar-refractivity contribution in [3.05, 3.63) is 48.0 Å². The molecule has 0 spiro atoms. The summed E-state index contributed by atoms with van der Waals surface area (Å²) in [6.07, 6.45) is 4.14. The van der Waals surface area contributed by atoms with Crippen LogP contribution in [-0.4, -0.2) is 0 Å². The quantitative estimate of drug-likeness (QED) is 0.588. The second-order valence-corrected chi connectivity index (χ2v) is 2.87. The molecule has 0 heterocycles. The van der Waals surface area contributed by atoms with Crippen LogP contribution in [0.3, 0.4) is 0 Å². The highest BCUT2D eigenvalue weighted by atomic mass is 14.0. The zero-order valence-corrected chi connectivity index (χ0v) is 11.7. The van der Waals surface area contributed by atoms with E-state index in [1.54, 1.807) is 0 Å². The summed E-state index contributed by atoms with van der Waals surface area (Å²) in [7, 11) is 0. The van der Waals surface area contributed by atoms with Gasteiger partial charge in [-0.1, -0.05) is 76.3 Å². The molecule has 0 saturated heterocycles. The fourth-order valence-electron chi connectivity index (χ4n) is 1.21. The van der Waals surface area contributed by atoms with Crippen molar-refractivity contribution in [3.8, 4) is 0 Å². The minimum absolute atomic E-state index is 1.11. The molecule has 0 amide bonds. The van der Waals surface area contributed by atoms with E-state index < -0.39 is 0 Å². The third-order valence-electron chi connectivity index (χ3n) is 1.77. The number of benzene rings is 1. The van der Waals surface area contributed by atoms with E-state index in [-0.39, 0.29) is 0 Å². The summed E-state index contributed by atoms with van der Waals surface area (Å²) in [6.45, 7) is 16.0. The lowest BCUT2D eigenvalue weighted by Crippen LogP contribution is -1.82. The van der Waals surface area contributed by atoms with E-state index in [0.29, 0.717) is 0 Å². The van der Waals surface area contributed by atoms with Crippen molar-refractivity contribution in [2.45, 2.75) is 41.5 Å². The average Bonchev–Trinajstić information content (AvgIpc) is 2.35. The maximum Gasteiger partial charge on any atom is -0.0161 e. The Kier molecular flexibility index (Phi) is 12.6. The molecule has 0 heteroatoms. The molecule has 16 heavy (non-hydrogen) atoms. The van der Waals surface area contributed by atoms with Crippen LogP contribution < -0.4 is 0 Å². The van der Waals surface area contributed by atoms with Gasteiger partial charge in [0.15, 0.2) is 0 Å². The minimum atomic E-state index is 1.11. The van der Waals surface area contributed by atoms with Crippen LogP contribution in [0.1, 0.15) is 52.7 Å². The normalized spacial score (nSPS) is 8.62. The molecule has 0 aliphatic heterocycles. The molecule has 0 N–H and O–H groups in total. The molecule has 0 saturated carbocycles. The first-order valence-electron chi connectivity index (χ1n) is 6.13. The van der Waals surface area contributed by atoms with Crippen molar-refractivity contribution in [1.82, 2.24) is 0 Å². The van der Waals surface area contributed by atoms with Crippen LogP contribution in [0.25, 0.3) is 11.6 Å². The SMILES string of the molecule is C=C(C)c1ccccc1/C=C\C.CC.CC. The number of hydrogen-bond acceptors (Lipinski definition) is 0. The standard InChI is InChI=1S/C12H14.2C2H6/c1-4-7-11-8-5-6-9-12(11)10(2)3;2*1-2/h4-9H,2H2,1,3H3;2*1-2H3/b7-4-;;. The Morgan fingerprint density at radius 2 is 1.56 bits per heavy atom. The first kappa shape index (κ1) is 17.1. The van der Waals surface area contributed by atoms with Gasteiger partial charge in [-0.05, 0) is 25.0 Å². The molecule has 90 valence electrons. The molecule has 1 aromatic carbocycles. The Morgan fingerprint density at radius 3 is 2.00 bits per heavy atom. The highest BCUT2D eigenvalue weighted by Crippen LogP contribution is 2.17. The van der Waals surface area contributed by atoms with Gasteiger partial charge in [-0.25, -0.2) is 0 Å². The molecule has 0 unspecified atom stereocenters. The van der Waals surface area contributed by atoms with E-state index in [9.17, 15) is 0 Å².